The molecule has 1 N–H and O–H groups in total. The van der Waals surface area contributed by atoms with E-state index in [0.29, 0.717) is 4.71 Å². The molecule has 0 atom stereocenters. The van der Waals surface area contributed by atoms with Crippen molar-refractivity contribution in [3.63, 3.8) is 0 Å². The average molecular weight is 170 g/mol. The third kappa shape index (κ3) is 1.12. The molecule has 4 heteroatoms. The van der Waals surface area contributed by atoms with E-state index in [0.717, 1.165) is 25.1 Å². The largest absolute Gasteiger partial charge is 0.370 e. The van der Waals surface area contributed by atoms with Crippen molar-refractivity contribution in [1.82, 2.24) is 10.1 Å². The molecule has 1 aromatic heterocycles. The van der Waals surface area contributed by atoms with Gasteiger partial charge in [0.25, 0.3) is 0 Å². The summed E-state index contributed by atoms with van der Waals surface area (Å²) in [5.41, 5.74) is 2.34. The Balaban J connectivity index is 2.45. The van der Waals surface area contributed by atoms with Crippen LogP contribution in [-0.2, 0) is 13.0 Å². The van der Waals surface area contributed by atoms with Crippen molar-refractivity contribution < 1.29 is 4.52 Å². The Kier molecular flexibility index (Phi) is 1.58. The van der Waals surface area contributed by atoms with Crippen LogP contribution in [0.25, 0.3) is 0 Å². The summed E-state index contributed by atoms with van der Waals surface area (Å²) in [4.78, 5) is 2.24. The topological polar surface area (TPSA) is 32.2 Å². The van der Waals surface area contributed by atoms with Crippen molar-refractivity contribution in [2.24, 2.45) is 0 Å². The number of hydrogen-bond donors (Lipinski definition) is 1. The Labute approximate surface area is 70.0 Å². The lowest BCUT2D eigenvalue weighted by molar-refractivity contribution is 0.311. The number of nitrogens with zero attached hydrogens (tertiary/aromatic N) is 1. The minimum atomic E-state index is 0.617. The summed E-state index contributed by atoms with van der Waals surface area (Å²) in [6, 6.07) is 0. The fourth-order valence-corrected chi connectivity index (χ4v) is 1.60. The third-order valence-electron chi connectivity index (χ3n) is 2.05. The summed E-state index contributed by atoms with van der Waals surface area (Å²) in [5.74, 6) is 0. The summed E-state index contributed by atoms with van der Waals surface area (Å²) in [6.07, 6.45) is 1.02. The average Bonchev–Trinajstić information content (AvgIpc) is 2.33. The van der Waals surface area contributed by atoms with Crippen LogP contribution in [0.4, 0.5) is 0 Å². The van der Waals surface area contributed by atoms with Gasteiger partial charge >= 0.3 is 0 Å². The zero-order valence-corrected chi connectivity index (χ0v) is 7.20. The molecule has 1 aliphatic rings. The SMILES string of the molecule is CN1CCc2[nH]oc(=S)c2C1. The summed E-state index contributed by atoms with van der Waals surface area (Å²) in [5, 5.41) is 2.84. The second kappa shape index (κ2) is 2.46. The van der Waals surface area contributed by atoms with Crippen LogP contribution in [-0.4, -0.2) is 23.6 Å². The smallest absolute Gasteiger partial charge is 0.224 e. The number of nitrogens with one attached hydrogen (secondary N) is 1. The Morgan fingerprint density at radius 1 is 1.64 bits per heavy atom. The van der Waals surface area contributed by atoms with Gasteiger partial charge in [0.05, 0.1) is 5.69 Å². The predicted octanol–water partition coefficient (Wildman–Crippen LogP) is 1.33. The van der Waals surface area contributed by atoms with Gasteiger partial charge in [0.2, 0.25) is 4.71 Å². The molecule has 1 aliphatic heterocycles. The first-order valence-electron chi connectivity index (χ1n) is 3.65. The van der Waals surface area contributed by atoms with Gasteiger partial charge in [-0.15, -0.1) is 0 Å². The molecule has 0 bridgehead atoms. The minimum absolute atomic E-state index is 0.617. The van der Waals surface area contributed by atoms with E-state index in [4.69, 9.17) is 16.7 Å². The van der Waals surface area contributed by atoms with Crippen molar-refractivity contribution in [3.05, 3.63) is 16.0 Å². The summed E-state index contributed by atoms with van der Waals surface area (Å²) in [6.45, 7) is 2.00. The van der Waals surface area contributed by atoms with E-state index in [1.54, 1.807) is 0 Å². The van der Waals surface area contributed by atoms with Gasteiger partial charge in [0.15, 0.2) is 0 Å². The van der Waals surface area contributed by atoms with Gasteiger partial charge in [-0.25, -0.2) is 5.16 Å². The van der Waals surface area contributed by atoms with Gasteiger partial charge < -0.3 is 9.42 Å². The maximum Gasteiger partial charge on any atom is 0.224 e. The number of aromatic amines is 1. The Morgan fingerprint density at radius 2 is 2.45 bits per heavy atom. The van der Waals surface area contributed by atoms with E-state index in [2.05, 4.69) is 17.1 Å². The normalized spacial score (nSPS) is 18.3. The van der Waals surface area contributed by atoms with Crippen molar-refractivity contribution in [3.8, 4) is 0 Å². The maximum absolute atomic E-state index is 5.03. The molecule has 0 aliphatic carbocycles. The fraction of sp³-hybridized carbons (Fsp3) is 0.571. The molecule has 0 fully saturated rings. The Bertz CT molecular complexity index is 314. The Hall–Kier alpha value is -0.610. The molecular weight excluding hydrogens is 160 g/mol. The lowest BCUT2D eigenvalue weighted by Gasteiger charge is -2.20. The van der Waals surface area contributed by atoms with E-state index >= 15 is 0 Å². The number of rotatable bonds is 0. The van der Waals surface area contributed by atoms with Crippen molar-refractivity contribution >= 4 is 12.2 Å². The van der Waals surface area contributed by atoms with Gasteiger partial charge in [0, 0.05) is 25.1 Å². The molecule has 0 spiro atoms. The van der Waals surface area contributed by atoms with E-state index in [-0.39, 0.29) is 0 Å². The standard InChI is InChI=1S/C7H10N2OS/c1-9-3-2-6-5(4-9)7(11)10-8-6/h8H,2-4H2,1H3. The second-order valence-corrected chi connectivity index (χ2v) is 3.31. The summed E-state index contributed by atoms with van der Waals surface area (Å²) >= 11 is 5.00. The second-order valence-electron chi connectivity index (χ2n) is 2.94. The molecule has 0 saturated carbocycles. The quantitative estimate of drug-likeness (QED) is 0.596. The lowest BCUT2D eigenvalue weighted by Crippen LogP contribution is -2.26. The molecule has 60 valence electrons. The lowest BCUT2D eigenvalue weighted by atomic mass is 10.1. The summed E-state index contributed by atoms with van der Waals surface area (Å²) in [7, 11) is 2.09. The monoisotopic (exact) mass is 170 g/mol. The maximum atomic E-state index is 5.03. The van der Waals surface area contributed by atoms with Crippen molar-refractivity contribution in [2.75, 3.05) is 13.6 Å². The van der Waals surface area contributed by atoms with E-state index < -0.39 is 0 Å². The highest BCUT2D eigenvalue weighted by atomic mass is 32.1. The highest BCUT2D eigenvalue weighted by molar-refractivity contribution is 7.71. The first-order chi connectivity index (χ1) is 5.27. The number of aromatic nitrogens is 1. The molecule has 0 radical (unpaired) electrons. The molecule has 2 heterocycles. The van der Waals surface area contributed by atoms with Crippen LogP contribution >= 0.6 is 12.2 Å². The van der Waals surface area contributed by atoms with Crippen LogP contribution in [0.2, 0.25) is 0 Å². The highest BCUT2D eigenvalue weighted by Crippen LogP contribution is 2.17. The molecule has 11 heavy (non-hydrogen) atoms. The third-order valence-corrected chi connectivity index (χ3v) is 2.38. The van der Waals surface area contributed by atoms with Gasteiger partial charge in [0.1, 0.15) is 0 Å². The van der Waals surface area contributed by atoms with Crippen molar-refractivity contribution in [2.45, 2.75) is 13.0 Å². The zero-order chi connectivity index (χ0) is 7.84. The first kappa shape index (κ1) is 7.06. The molecular formula is C7H10N2OS. The van der Waals surface area contributed by atoms with Crippen LogP contribution in [0.3, 0.4) is 0 Å². The molecule has 0 unspecified atom stereocenters. The van der Waals surface area contributed by atoms with Gasteiger partial charge in [-0.2, -0.15) is 0 Å². The predicted molar refractivity (Wildman–Crippen MR) is 43.9 cm³/mol. The van der Waals surface area contributed by atoms with Crippen LogP contribution in [0.1, 0.15) is 11.3 Å². The molecule has 0 aromatic carbocycles. The van der Waals surface area contributed by atoms with Crippen LogP contribution in [0.15, 0.2) is 4.52 Å². The van der Waals surface area contributed by atoms with Gasteiger partial charge in [-0.05, 0) is 19.3 Å². The first-order valence-corrected chi connectivity index (χ1v) is 4.06. The number of likely N-dealkylation sites (N-methyl/N-ethyl adjacent to an activating group) is 1. The number of H-pyrrole nitrogens is 1. The summed E-state index contributed by atoms with van der Waals surface area (Å²) < 4.78 is 5.65. The van der Waals surface area contributed by atoms with Crippen molar-refractivity contribution in [1.29, 1.82) is 0 Å². The van der Waals surface area contributed by atoms with Crippen LogP contribution in [0.5, 0.6) is 0 Å². The minimum Gasteiger partial charge on any atom is -0.370 e. The fourth-order valence-electron chi connectivity index (χ4n) is 1.37. The van der Waals surface area contributed by atoms with Gasteiger partial charge in [-0.3, -0.25) is 0 Å². The van der Waals surface area contributed by atoms with E-state index in [9.17, 15) is 0 Å². The highest BCUT2D eigenvalue weighted by Gasteiger charge is 2.16. The molecule has 0 saturated heterocycles. The Morgan fingerprint density at radius 3 is 3.27 bits per heavy atom. The number of hydrogen-bond acceptors (Lipinski definition) is 3. The molecule has 3 nitrogen and oxygen atoms in total. The van der Waals surface area contributed by atoms with E-state index in [1.807, 2.05) is 0 Å². The van der Waals surface area contributed by atoms with E-state index in [1.165, 1.54) is 5.69 Å². The zero-order valence-electron chi connectivity index (χ0n) is 6.39. The molecule has 1 aromatic rings. The molecule has 0 amide bonds. The van der Waals surface area contributed by atoms with Crippen LogP contribution < -0.4 is 0 Å². The molecule has 2 rings (SSSR count). The van der Waals surface area contributed by atoms with Gasteiger partial charge in [-0.1, -0.05) is 0 Å². The van der Waals surface area contributed by atoms with Crippen LogP contribution in [0, 0.1) is 4.71 Å². The number of fused-ring (bicyclic) bond motifs is 1.